The molecule has 0 saturated heterocycles. The van der Waals surface area contributed by atoms with Crippen molar-refractivity contribution in [3.05, 3.63) is 51.2 Å². The summed E-state index contributed by atoms with van der Waals surface area (Å²) in [6.07, 6.45) is 3.56. The van der Waals surface area contributed by atoms with Gasteiger partial charge < -0.3 is 9.30 Å². The summed E-state index contributed by atoms with van der Waals surface area (Å²) in [4.78, 5) is 20.7. The van der Waals surface area contributed by atoms with Crippen LogP contribution in [0.25, 0.3) is 5.78 Å². The van der Waals surface area contributed by atoms with Crippen molar-refractivity contribution >= 4 is 29.1 Å². The Morgan fingerprint density at radius 3 is 2.87 bits per heavy atom. The molecule has 0 saturated carbocycles. The van der Waals surface area contributed by atoms with Gasteiger partial charge in [-0.15, -0.1) is 5.10 Å². The average Bonchev–Trinajstić information content (AvgIpc) is 2.98. The van der Waals surface area contributed by atoms with Gasteiger partial charge in [0.2, 0.25) is 10.9 Å². The van der Waals surface area contributed by atoms with Crippen molar-refractivity contribution in [2.45, 2.75) is 18.3 Å². The van der Waals surface area contributed by atoms with Crippen LogP contribution in [0, 0.1) is 0 Å². The fourth-order valence-electron chi connectivity index (χ4n) is 2.23. The Labute approximate surface area is 141 Å². The van der Waals surface area contributed by atoms with Gasteiger partial charge in [-0.25, -0.2) is 4.98 Å². The summed E-state index contributed by atoms with van der Waals surface area (Å²) in [6, 6.07) is 5.12. The molecule has 0 atom stereocenters. The molecule has 0 aliphatic heterocycles. The molecular weight excluding hydrogens is 338 g/mol. The van der Waals surface area contributed by atoms with Crippen LogP contribution in [0.3, 0.4) is 0 Å². The van der Waals surface area contributed by atoms with Crippen LogP contribution in [0.2, 0.25) is 5.15 Å². The van der Waals surface area contributed by atoms with Crippen LogP contribution in [0.4, 0.5) is 0 Å². The first kappa shape index (κ1) is 16.0. The average molecular weight is 352 g/mol. The molecule has 0 aliphatic rings. The Morgan fingerprint density at radius 2 is 2.22 bits per heavy atom. The summed E-state index contributed by atoms with van der Waals surface area (Å²) in [7, 11) is 1.58. The minimum Gasteiger partial charge on any atom is -0.378 e. The number of fused-ring (bicyclic) bond motifs is 1. The van der Waals surface area contributed by atoms with Crippen molar-refractivity contribution < 1.29 is 4.74 Å². The van der Waals surface area contributed by atoms with E-state index in [0.717, 1.165) is 11.3 Å². The van der Waals surface area contributed by atoms with Gasteiger partial charge in [-0.05, 0) is 17.9 Å². The lowest BCUT2D eigenvalue weighted by Gasteiger charge is -2.13. The lowest BCUT2D eigenvalue weighted by molar-refractivity contribution is 0.177. The van der Waals surface area contributed by atoms with Gasteiger partial charge in [-0.3, -0.25) is 4.79 Å². The maximum atomic E-state index is 12.2. The van der Waals surface area contributed by atoms with Crippen molar-refractivity contribution in [1.82, 2.24) is 24.1 Å². The molecule has 3 heterocycles. The van der Waals surface area contributed by atoms with Crippen molar-refractivity contribution in [3.63, 3.8) is 0 Å². The summed E-state index contributed by atoms with van der Waals surface area (Å²) < 4.78 is 8.39. The maximum Gasteiger partial charge on any atom is 0.276 e. The SMILES string of the molecule is COCc1cc(=O)n2nc(SC)nc2n1Cc1ccc(Cl)nc1. The Bertz CT molecular complexity index is 891. The van der Waals surface area contributed by atoms with Crippen molar-refractivity contribution in [2.24, 2.45) is 0 Å². The smallest absolute Gasteiger partial charge is 0.276 e. The van der Waals surface area contributed by atoms with E-state index in [4.69, 9.17) is 16.3 Å². The quantitative estimate of drug-likeness (QED) is 0.516. The lowest BCUT2D eigenvalue weighted by atomic mass is 10.2. The Kier molecular flexibility index (Phi) is 4.65. The van der Waals surface area contributed by atoms with E-state index in [1.807, 2.05) is 16.9 Å². The second-order valence-electron chi connectivity index (χ2n) is 4.79. The lowest BCUT2D eigenvalue weighted by Crippen LogP contribution is -2.22. The van der Waals surface area contributed by atoms with Gasteiger partial charge in [-0.1, -0.05) is 29.4 Å². The fraction of sp³-hybridized carbons (Fsp3) is 0.286. The highest BCUT2D eigenvalue weighted by Crippen LogP contribution is 2.14. The fourth-order valence-corrected chi connectivity index (χ4v) is 2.67. The van der Waals surface area contributed by atoms with Gasteiger partial charge in [0.25, 0.3) is 5.56 Å². The Hall–Kier alpha value is -1.90. The minimum absolute atomic E-state index is 0.231. The number of ether oxygens (including phenoxy) is 1. The van der Waals surface area contributed by atoms with Crippen molar-refractivity contribution in [3.8, 4) is 0 Å². The van der Waals surface area contributed by atoms with Crippen molar-refractivity contribution in [1.29, 1.82) is 0 Å². The molecule has 9 heteroatoms. The second kappa shape index (κ2) is 6.69. The van der Waals surface area contributed by atoms with Gasteiger partial charge in [0.05, 0.1) is 18.8 Å². The highest BCUT2D eigenvalue weighted by atomic mass is 35.5. The molecule has 7 nitrogen and oxygen atoms in total. The van der Waals surface area contributed by atoms with Gasteiger partial charge in [0.15, 0.2) is 0 Å². The van der Waals surface area contributed by atoms with E-state index in [0.29, 0.717) is 29.2 Å². The number of rotatable bonds is 5. The van der Waals surface area contributed by atoms with Crippen LogP contribution in [0.5, 0.6) is 0 Å². The maximum absolute atomic E-state index is 12.2. The highest BCUT2D eigenvalue weighted by Gasteiger charge is 2.14. The molecule has 0 spiro atoms. The van der Waals surface area contributed by atoms with Crippen LogP contribution in [0.1, 0.15) is 11.3 Å². The zero-order chi connectivity index (χ0) is 16.4. The van der Waals surface area contributed by atoms with E-state index >= 15 is 0 Å². The number of thioether (sulfide) groups is 1. The summed E-state index contributed by atoms with van der Waals surface area (Å²) in [5, 5.41) is 5.18. The number of methoxy groups -OCH3 is 1. The van der Waals surface area contributed by atoms with Gasteiger partial charge in [0.1, 0.15) is 5.15 Å². The third-order valence-corrected chi connectivity index (χ3v) is 4.02. The first-order valence-corrected chi connectivity index (χ1v) is 8.35. The number of hydrogen-bond acceptors (Lipinski definition) is 6. The van der Waals surface area contributed by atoms with E-state index in [1.54, 1.807) is 19.4 Å². The summed E-state index contributed by atoms with van der Waals surface area (Å²) >= 11 is 7.21. The molecular formula is C14H14ClN5O2S. The Balaban J connectivity index is 2.16. The number of hydrogen-bond donors (Lipinski definition) is 0. The van der Waals surface area contributed by atoms with E-state index < -0.39 is 0 Å². The number of nitrogens with zero attached hydrogens (tertiary/aromatic N) is 5. The summed E-state index contributed by atoms with van der Waals surface area (Å²) in [5.41, 5.74) is 1.43. The molecule has 23 heavy (non-hydrogen) atoms. The predicted octanol–water partition coefficient (Wildman–Crippen LogP) is 1.86. The van der Waals surface area contributed by atoms with Gasteiger partial charge in [-0.2, -0.15) is 9.50 Å². The van der Waals surface area contributed by atoms with Crippen LogP contribution in [0.15, 0.2) is 34.3 Å². The summed E-state index contributed by atoms with van der Waals surface area (Å²) in [6.45, 7) is 0.785. The molecule has 0 N–H and O–H groups in total. The molecule has 0 aromatic carbocycles. The second-order valence-corrected chi connectivity index (χ2v) is 5.95. The molecule has 3 aromatic heterocycles. The minimum atomic E-state index is -0.231. The van der Waals surface area contributed by atoms with Gasteiger partial charge in [0, 0.05) is 19.4 Å². The first-order valence-electron chi connectivity index (χ1n) is 6.75. The molecule has 120 valence electrons. The third kappa shape index (κ3) is 3.24. The number of halogens is 1. The molecule has 0 aliphatic carbocycles. The summed E-state index contributed by atoms with van der Waals surface area (Å²) in [5.74, 6) is 0.476. The predicted molar refractivity (Wildman–Crippen MR) is 88.1 cm³/mol. The topological polar surface area (TPSA) is 74.3 Å². The van der Waals surface area contributed by atoms with Gasteiger partial charge >= 0.3 is 0 Å². The van der Waals surface area contributed by atoms with Crippen LogP contribution < -0.4 is 5.56 Å². The van der Waals surface area contributed by atoms with E-state index in [1.165, 1.54) is 22.3 Å². The largest absolute Gasteiger partial charge is 0.378 e. The molecule has 3 aromatic rings. The standard InChI is InChI=1S/C14H14ClN5O2S/c1-22-8-10-5-12(21)20-14(17-13(18-20)23-2)19(10)7-9-3-4-11(15)16-6-9/h3-6H,7-8H2,1-2H3. The zero-order valence-electron chi connectivity index (χ0n) is 12.6. The van der Waals surface area contributed by atoms with Crippen molar-refractivity contribution in [2.75, 3.05) is 13.4 Å². The number of aromatic nitrogens is 5. The van der Waals surface area contributed by atoms with Crippen LogP contribution >= 0.6 is 23.4 Å². The molecule has 0 bridgehead atoms. The number of pyridine rings is 1. The molecule has 0 amide bonds. The van der Waals surface area contributed by atoms with Crippen LogP contribution in [-0.4, -0.2) is 37.5 Å². The highest BCUT2D eigenvalue weighted by molar-refractivity contribution is 7.98. The molecule has 3 rings (SSSR count). The molecule has 0 fully saturated rings. The Morgan fingerprint density at radius 1 is 1.39 bits per heavy atom. The normalized spacial score (nSPS) is 11.3. The van der Waals surface area contributed by atoms with E-state index in [-0.39, 0.29) is 5.56 Å². The first-order chi connectivity index (χ1) is 11.1. The molecule has 0 radical (unpaired) electrons. The van der Waals surface area contributed by atoms with E-state index in [9.17, 15) is 4.79 Å². The van der Waals surface area contributed by atoms with E-state index in [2.05, 4.69) is 15.1 Å². The zero-order valence-corrected chi connectivity index (χ0v) is 14.1. The molecule has 0 unspecified atom stereocenters. The third-order valence-electron chi connectivity index (χ3n) is 3.26. The monoisotopic (exact) mass is 351 g/mol. The van der Waals surface area contributed by atoms with Crippen LogP contribution in [-0.2, 0) is 17.9 Å².